The normalized spacial score (nSPS) is 22.2. The van der Waals surface area contributed by atoms with Crippen molar-refractivity contribution in [1.29, 1.82) is 0 Å². The second-order valence-electron chi connectivity index (χ2n) is 17.3. The van der Waals surface area contributed by atoms with Crippen molar-refractivity contribution in [2.45, 2.75) is 89.3 Å². The maximum absolute atomic E-state index is 13.4. The molecular formula is C52H64N4O5. The molecule has 7 rings (SSSR count). The molecule has 1 unspecified atom stereocenters. The number of hydrogen-bond donors (Lipinski definition) is 6. The van der Waals surface area contributed by atoms with E-state index < -0.39 is 6.61 Å². The van der Waals surface area contributed by atoms with Crippen molar-refractivity contribution < 1.29 is 24.5 Å². The summed E-state index contributed by atoms with van der Waals surface area (Å²) < 4.78 is 5.46. The first-order valence-electron chi connectivity index (χ1n) is 22.4. The van der Waals surface area contributed by atoms with Crippen molar-refractivity contribution in [3.63, 3.8) is 0 Å². The zero-order valence-corrected chi connectivity index (χ0v) is 35.7. The lowest BCUT2D eigenvalue weighted by molar-refractivity contribution is -0.124. The Morgan fingerprint density at radius 1 is 0.918 bits per heavy atom. The molecule has 0 amide bonds. The molecule has 0 saturated carbocycles. The average Bonchev–Trinajstić information content (AvgIpc) is 3.27. The Morgan fingerprint density at radius 3 is 2.51 bits per heavy atom. The van der Waals surface area contributed by atoms with Crippen LogP contribution in [0.15, 0.2) is 120 Å². The molecule has 3 aliphatic heterocycles. The Hall–Kier alpha value is -5.06. The maximum atomic E-state index is 13.4. The number of phenolic OH excluding ortho intramolecular Hbond substituents is 1. The first kappa shape index (κ1) is 44.0. The van der Waals surface area contributed by atoms with E-state index in [1.54, 1.807) is 12.1 Å². The first-order valence-corrected chi connectivity index (χ1v) is 22.4. The van der Waals surface area contributed by atoms with E-state index in [0.29, 0.717) is 53.3 Å². The number of benzene rings is 3. The van der Waals surface area contributed by atoms with Crippen LogP contribution in [-0.4, -0.2) is 67.3 Å². The van der Waals surface area contributed by atoms with E-state index in [1.165, 1.54) is 41.9 Å². The quantitative estimate of drug-likeness (QED) is 0.0395. The van der Waals surface area contributed by atoms with Crippen molar-refractivity contribution in [3.05, 3.63) is 148 Å². The van der Waals surface area contributed by atoms with E-state index in [1.807, 2.05) is 18.3 Å². The monoisotopic (exact) mass is 824 g/mol. The standard InChI is InChI=1S/C52H64N4O5/c1-61-50-31-48(43(34-57)27-45(59)30-44(58)15-6-3-7-16-47-46-21-23-54-32-42(46)25-39-14-9-22-55-52(39)47)40(28-49(50)60)26-41-33-56-51(53)29-38(41)20-19-37-13-8-12-36(24-37)18-17-35-10-4-2-5-11-35/h2,4-5,8-14,24-25,27-29,31,33,42,46-47,51-52,54-57,60H,3,6-7,15-23,26,30,32,34,53H2,1H3/b43-27+/t42-,46+,47-,51?,52+/m0/s1. The van der Waals surface area contributed by atoms with Crippen LogP contribution in [-0.2, 0) is 35.3 Å². The smallest absolute Gasteiger partial charge is 0.163 e. The average molecular weight is 825 g/mol. The molecule has 3 aromatic carbocycles. The van der Waals surface area contributed by atoms with Gasteiger partial charge in [0.25, 0.3) is 0 Å². The van der Waals surface area contributed by atoms with Crippen LogP contribution in [0.2, 0.25) is 0 Å². The third kappa shape index (κ3) is 11.9. The van der Waals surface area contributed by atoms with Crippen LogP contribution in [0.4, 0.5) is 0 Å². The highest BCUT2D eigenvalue weighted by atomic mass is 16.5. The molecular weight excluding hydrogens is 761 g/mol. The molecule has 7 N–H and O–H groups in total. The lowest BCUT2D eigenvalue weighted by atomic mass is 9.65. The zero-order valence-electron chi connectivity index (χ0n) is 35.7. The van der Waals surface area contributed by atoms with Gasteiger partial charge in [0.1, 0.15) is 5.78 Å². The number of methoxy groups -OCH3 is 1. The second-order valence-corrected chi connectivity index (χ2v) is 17.3. The Balaban J connectivity index is 0.950. The minimum atomic E-state index is -0.423. The van der Waals surface area contributed by atoms with Crippen LogP contribution in [0.3, 0.4) is 0 Å². The molecule has 1 fully saturated rings. The number of fused-ring (bicyclic) bond motifs is 2. The number of ether oxygens (including phenoxy) is 1. The number of ketones is 2. The van der Waals surface area contributed by atoms with Gasteiger partial charge in [-0.15, -0.1) is 0 Å². The number of piperidine rings is 1. The molecule has 4 aliphatic rings. The Bertz CT molecular complexity index is 2150. The highest BCUT2D eigenvalue weighted by Gasteiger charge is 2.40. The molecule has 5 atom stereocenters. The van der Waals surface area contributed by atoms with Gasteiger partial charge >= 0.3 is 0 Å². The minimum Gasteiger partial charge on any atom is -0.504 e. The van der Waals surface area contributed by atoms with Crippen LogP contribution in [0.25, 0.3) is 5.57 Å². The lowest BCUT2D eigenvalue weighted by Gasteiger charge is -2.46. The molecule has 9 nitrogen and oxygen atoms in total. The molecule has 1 saturated heterocycles. The summed E-state index contributed by atoms with van der Waals surface area (Å²) in [4.78, 5) is 26.5. The number of phenols is 1. The van der Waals surface area contributed by atoms with Crippen LogP contribution < -0.4 is 26.4 Å². The van der Waals surface area contributed by atoms with E-state index in [0.717, 1.165) is 82.1 Å². The molecule has 0 radical (unpaired) electrons. The number of Topliss-reactive ketones (excluding diaryl/α,β-unsaturated/α-hetero) is 1. The third-order valence-electron chi connectivity index (χ3n) is 13.1. The maximum Gasteiger partial charge on any atom is 0.163 e. The van der Waals surface area contributed by atoms with Gasteiger partial charge in [0.15, 0.2) is 17.3 Å². The number of allylic oxidation sites excluding steroid dienone is 3. The van der Waals surface area contributed by atoms with Gasteiger partial charge in [0.2, 0.25) is 0 Å². The van der Waals surface area contributed by atoms with Crippen LogP contribution in [0.5, 0.6) is 11.5 Å². The molecule has 3 heterocycles. The van der Waals surface area contributed by atoms with Crippen molar-refractivity contribution in [3.8, 4) is 11.5 Å². The van der Waals surface area contributed by atoms with Gasteiger partial charge in [-0.1, -0.05) is 85.7 Å². The van der Waals surface area contributed by atoms with E-state index in [2.05, 4.69) is 82.7 Å². The van der Waals surface area contributed by atoms with E-state index in [4.69, 9.17) is 10.5 Å². The number of aryl methyl sites for hydroxylation is 3. The number of carbonyl (C=O) groups is 2. The minimum absolute atomic E-state index is 0.0400. The molecule has 1 aliphatic carbocycles. The number of hydrogen-bond acceptors (Lipinski definition) is 9. The number of dihydropyridines is 1. The van der Waals surface area contributed by atoms with E-state index in [-0.39, 0.29) is 35.7 Å². The fraction of sp³-hybridized carbons (Fsp3) is 0.423. The summed E-state index contributed by atoms with van der Waals surface area (Å²) in [5, 5.41) is 32.1. The summed E-state index contributed by atoms with van der Waals surface area (Å²) in [6, 6.07) is 23.0. The summed E-state index contributed by atoms with van der Waals surface area (Å²) in [5.74, 6) is 1.63. The van der Waals surface area contributed by atoms with E-state index in [9.17, 15) is 19.8 Å². The molecule has 3 aromatic rings. The number of rotatable bonds is 20. The Kier molecular flexibility index (Phi) is 15.6. The van der Waals surface area contributed by atoms with Crippen molar-refractivity contribution >= 4 is 17.1 Å². The van der Waals surface area contributed by atoms with Gasteiger partial charge in [0, 0.05) is 31.8 Å². The second kappa shape index (κ2) is 21.6. The highest BCUT2D eigenvalue weighted by molar-refractivity contribution is 6.07. The van der Waals surface area contributed by atoms with Gasteiger partial charge in [-0.3, -0.25) is 9.59 Å². The summed E-state index contributed by atoms with van der Waals surface area (Å²) in [5.41, 5.74) is 15.4. The van der Waals surface area contributed by atoms with Gasteiger partial charge in [-0.05, 0) is 150 Å². The SMILES string of the molecule is COc1cc(/C(=C/C(=O)CC(=O)CCCCC[C@H]2[C@@H]3CCNC[C@@H]3C=C3C=CCN[C@H]32)CO)c(CC2=CNC(N)C=C2CCc2cccc(CCc3ccccc3)c2)cc1O. The predicted molar refractivity (Wildman–Crippen MR) is 244 cm³/mol. The summed E-state index contributed by atoms with van der Waals surface area (Å²) >= 11 is 0. The summed E-state index contributed by atoms with van der Waals surface area (Å²) in [6.45, 7) is 2.63. The fourth-order valence-corrected chi connectivity index (χ4v) is 9.93. The van der Waals surface area contributed by atoms with Crippen molar-refractivity contribution in [2.75, 3.05) is 33.4 Å². The molecule has 61 heavy (non-hydrogen) atoms. The number of unbranched alkanes of at least 4 members (excludes halogenated alkanes) is 2. The van der Waals surface area contributed by atoms with Gasteiger partial charge < -0.3 is 36.6 Å². The van der Waals surface area contributed by atoms with Crippen LogP contribution >= 0.6 is 0 Å². The fourth-order valence-electron chi connectivity index (χ4n) is 9.93. The number of aromatic hydroxyl groups is 1. The van der Waals surface area contributed by atoms with Crippen LogP contribution in [0.1, 0.15) is 79.2 Å². The van der Waals surface area contributed by atoms with Gasteiger partial charge in [-0.25, -0.2) is 0 Å². The lowest BCUT2D eigenvalue weighted by Crippen LogP contribution is -2.51. The number of nitrogens with one attached hydrogen (secondary N) is 3. The van der Waals surface area contributed by atoms with Crippen molar-refractivity contribution in [1.82, 2.24) is 16.0 Å². The number of aliphatic hydroxyl groups excluding tert-OH is 1. The molecule has 0 bridgehead atoms. The molecule has 0 spiro atoms. The Morgan fingerprint density at radius 2 is 1.70 bits per heavy atom. The van der Waals surface area contributed by atoms with E-state index >= 15 is 0 Å². The zero-order chi connectivity index (χ0) is 42.6. The Labute approximate surface area is 361 Å². The van der Waals surface area contributed by atoms with Gasteiger partial charge in [-0.2, -0.15) is 0 Å². The predicted octanol–water partition coefficient (Wildman–Crippen LogP) is 7.22. The molecule has 0 aromatic heterocycles. The van der Waals surface area contributed by atoms with Gasteiger partial charge in [0.05, 0.1) is 26.3 Å². The molecule has 9 heteroatoms. The number of carbonyl (C=O) groups excluding carboxylic acids is 2. The molecule has 322 valence electrons. The van der Waals surface area contributed by atoms with Crippen molar-refractivity contribution in [2.24, 2.45) is 23.5 Å². The topological polar surface area (TPSA) is 146 Å². The summed E-state index contributed by atoms with van der Waals surface area (Å²) in [7, 11) is 1.47. The highest BCUT2D eigenvalue weighted by Crippen LogP contribution is 2.42. The summed E-state index contributed by atoms with van der Waals surface area (Å²) in [6.07, 6.45) is 21.2. The van der Waals surface area contributed by atoms with Crippen LogP contribution in [0, 0.1) is 17.8 Å². The third-order valence-corrected chi connectivity index (χ3v) is 13.1. The largest absolute Gasteiger partial charge is 0.504 e. The number of aliphatic hydroxyl groups is 1. The number of nitrogens with two attached hydrogens (primary N) is 1. The first-order chi connectivity index (χ1) is 29.8.